The van der Waals surface area contributed by atoms with E-state index < -0.39 is 12.0 Å². The molecule has 0 bridgehead atoms. The number of carbonyl (C=O) groups is 1. The molecule has 1 N–H and O–H groups in total. The molecule has 5 nitrogen and oxygen atoms in total. The van der Waals surface area contributed by atoms with Crippen molar-refractivity contribution in [2.75, 3.05) is 6.61 Å². The van der Waals surface area contributed by atoms with Gasteiger partial charge in [-0.3, -0.25) is 4.79 Å². The van der Waals surface area contributed by atoms with Gasteiger partial charge in [-0.15, -0.1) is 0 Å². The molecule has 1 atom stereocenters. The summed E-state index contributed by atoms with van der Waals surface area (Å²) in [4.78, 5) is 23.2. The van der Waals surface area contributed by atoms with E-state index in [4.69, 9.17) is 9.84 Å². The van der Waals surface area contributed by atoms with Crippen LogP contribution in [0.1, 0.15) is 26.3 Å². The van der Waals surface area contributed by atoms with Crippen molar-refractivity contribution in [3.05, 3.63) is 40.8 Å². The lowest BCUT2D eigenvalue weighted by Crippen LogP contribution is -2.27. The van der Waals surface area contributed by atoms with Crippen LogP contribution in [0, 0.1) is 0 Å². The van der Waals surface area contributed by atoms with Crippen molar-refractivity contribution in [3.8, 4) is 5.75 Å². The summed E-state index contributed by atoms with van der Waals surface area (Å²) in [5.41, 5.74) is -0.306. The molecule has 0 spiro atoms. The summed E-state index contributed by atoms with van der Waals surface area (Å²) in [6.07, 6.45) is 2.42. The molecule has 0 saturated heterocycles. The van der Waals surface area contributed by atoms with Crippen LogP contribution in [0.3, 0.4) is 0 Å². The van der Waals surface area contributed by atoms with Gasteiger partial charge in [-0.2, -0.15) is 0 Å². The average molecular weight is 275 g/mol. The van der Waals surface area contributed by atoms with E-state index >= 15 is 0 Å². The van der Waals surface area contributed by atoms with Crippen LogP contribution in [-0.4, -0.2) is 22.2 Å². The lowest BCUT2D eigenvalue weighted by molar-refractivity contribution is -0.140. The Kier molecular flexibility index (Phi) is 4.08. The van der Waals surface area contributed by atoms with Crippen LogP contribution < -0.4 is 10.3 Å². The Balaban J connectivity index is 2.47. The normalized spacial score (nSPS) is 12.3. The molecule has 1 heterocycles. The highest BCUT2D eigenvalue weighted by atomic mass is 16.5. The predicted molar refractivity (Wildman–Crippen MR) is 76.3 cm³/mol. The van der Waals surface area contributed by atoms with Gasteiger partial charge < -0.3 is 14.4 Å². The zero-order valence-corrected chi connectivity index (χ0v) is 11.5. The number of nitrogens with zero attached hydrogens (tertiary/aromatic N) is 1. The third-order valence-electron chi connectivity index (χ3n) is 3.15. The molecule has 1 aromatic heterocycles. The summed E-state index contributed by atoms with van der Waals surface area (Å²) in [6, 6.07) is 6.04. The highest BCUT2D eigenvalue weighted by Gasteiger charge is 2.15. The molecule has 1 unspecified atom stereocenters. The first kappa shape index (κ1) is 14.1. The molecule has 0 aliphatic rings. The largest absolute Gasteiger partial charge is 0.494 e. The Labute approximate surface area is 116 Å². The van der Waals surface area contributed by atoms with Gasteiger partial charge in [0, 0.05) is 11.6 Å². The van der Waals surface area contributed by atoms with Crippen molar-refractivity contribution in [1.29, 1.82) is 0 Å². The molecule has 2 aromatic rings. The topological polar surface area (TPSA) is 68.5 Å². The molecule has 20 heavy (non-hydrogen) atoms. The summed E-state index contributed by atoms with van der Waals surface area (Å²) in [7, 11) is 0. The van der Waals surface area contributed by atoms with Crippen LogP contribution >= 0.6 is 0 Å². The van der Waals surface area contributed by atoms with E-state index in [9.17, 15) is 9.59 Å². The number of carboxylic acid groups (broad SMARTS) is 1. The number of carboxylic acids is 1. The Morgan fingerprint density at radius 2 is 2.15 bits per heavy atom. The number of hydrogen-bond acceptors (Lipinski definition) is 3. The molecular weight excluding hydrogens is 258 g/mol. The molecule has 0 amide bonds. The number of fused-ring (bicyclic) bond motifs is 1. The third-order valence-corrected chi connectivity index (χ3v) is 3.15. The minimum absolute atomic E-state index is 0.306. The van der Waals surface area contributed by atoms with Crippen molar-refractivity contribution in [1.82, 2.24) is 4.57 Å². The first-order valence-corrected chi connectivity index (χ1v) is 6.55. The van der Waals surface area contributed by atoms with Gasteiger partial charge in [-0.1, -0.05) is 6.92 Å². The second kappa shape index (κ2) is 5.77. The van der Waals surface area contributed by atoms with E-state index in [-0.39, 0.29) is 5.56 Å². The molecule has 0 aliphatic carbocycles. The van der Waals surface area contributed by atoms with Crippen LogP contribution in [0.2, 0.25) is 0 Å². The molecule has 0 radical (unpaired) electrons. The monoisotopic (exact) mass is 275 g/mol. The van der Waals surface area contributed by atoms with Gasteiger partial charge in [-0.25, -0.2) is 4.79 Å². The Bertz CT molecular complexity index is 690. The Hall–Kier alpha value is -2.30. The molecule has 0 fully saturated rings. The molecule has 5 heteroatoms. The maximum atomic E-state index is 12.3. The third kappa shape index (κ3) is 2.66. The second-order valence-corrected chi connectivity index (χ2v) is 4.64. The first-order valence-electron chi connectivity index (χ1n) is 6.55. The SMILES string of the molecule is CCCOc1ccc2c(=O)n(C(C)C(=O)O)ccc2c1. The van der Waals surface area contributed by atoms with Crippen LogP contribution in [0.4, 0.5) is 0 Å². The zero-order chi connectivity index (χ0) is 14.7. The highest BCUT2D eigenvalue weighted by molar-refractivity contribution is 5.83. The van der Waals surface area contributed by atoms with Crippen molar-refractivity contribution in [2.45, 2.75) is 26.3 Å². The second-order valence-electron chi connectivity index (χ2n) is 4.64. The van der Waals surface area contributed by atoms with Gasteiger partial charge in [-0.05, 0) is 43.0 Å². The molecule has 0 aliphatic heterocycles. The predicted octanol–water partition coefficient (Wildman–Crippen LogP) is 2.44. The molecule has 0 saturated carbocycles. The smallest absolute Gasteiger partial charge is 0.326 e. The van der Waals surface area contributed by atoms with E-state index in [1.165, 1.54) is 17.7 Å². The number of ether oxygens (including phenoxy) is 1. The van der Waals surface area contributed by atoms with Crippen molar-refractivity contribution < 1.29 is 14.6 Å². The molecule has 106 valence electrons. The number of aliphatic carboxylic acids is 1. The lowest BCUT2D eigenvalue weighted by atomic mass is 10.1. The van der Waals surface area contributed by atoms with Gasteiger partial charge in [0.1, 0.15) is 11.8 Å². The van der Waals surface area contributed by atoms with Crippen molar-refractivity contribution >= 4 is 16.7 Å². The quantitative estimate of drug-likeness (QED) is 0.910. The Morgan fingerprint density at radius 1 is 1.40 bits per heavy atom. The molecule has 2 rings (SSSR count). The maximum Gasteiger partial charge on any atom is 0.326 e. The first-order chi connectivity index (χ1) is 9.54. The van der Waals surface area contributed by atoms with Gasteiger partial charge >= 0.3 is 5.97 Å². The minimum atomic E-state index is -1.03. The van der Waals surface area contributed by atoms with Crippen LogP contribution in [-0.2, 0) is 4.79 Å². The minimum Gasteiger partial charge on any atom is -0.494 e. The summed E-state index contributed by atoms with van der Waals surface area (Å²) in [6.45, 7) is 4.12. The number of benzene rings is 1. The fraction of sp³-hybridized carbons (Fsp3) is 0.333. The lowest BCUT2D eigenvalue weighted by Gasteiger charge is -2.12. The summed E-state index contributed by atoms with van der Waals surface area (Å²) in [5.74, 6) is -0.322. The van der Waals surface area contributed by atoms with Gasteiger partial charge in [0.15, 0.2) is 0 Å². The van der Waals surface area contributed by atoms with Gasteiger partial charge in [0.25, 0.3) is 5.56 Å². The number of rotatable bonds is 5. The number of pyridine rings is 1. The summed E-state index contributed by atoms with van der Waals surface area (Å²) < 4.78 is 6.74. The van der Waals surface area contributed by atoms with Crippen LogP contribution in [0.25, 0.3) is 10.8 Å². The van der Waals surface area contributed by atoms with E-state index in [2.05, 4.69) is 0 Å². The fourth-order valence-corrected chi connectivity index (χ4v) is 1.97. The maximum absolute atomic E-state index is 12.3. The molecule has 1 aromatic carbocycles. The number of aromatic nitrogens is 1. The fourth-order valence-electron chi connectivity index (χ4n) is 1.97. The van der Waals surface area contributed by atoms with Gasteiger partial charge in [0.2, 0.25) is 0 Å². The highest BCUT2D eigenvalue weighted by Crippen LogP contribution is 2.19. The van der Waals surface area contributed by atoms with E-state index in [1.807, 2.05) is 6.92 Å². The Morgan fingerprint density at radius 3 is 2.80 bits per heavy atom. The van der Waals surface area contributed by atoms with Crippen LogP contribution in [0.15, 0.2) is 35.3 Å². The van der Waals surface area contributed by atoms with E-state index in [0.29, 0.717) is 17.7 Å². The average Bonchev–Trinajstić information content (AvgIpc) is 2.44. The van der Waals surface area contributed by atoms with Crippen molar-refractivity contribution in [3.63, 3.8) is 0 Å². The standard InChI is InChI=1S/C15H17NO4/c1-3-8-20-12-4-5-13-11(9-12)6-7-16(14(13)17)10(2)15(18)19/h4-7,9-10H,3,8H2,1-2H3,(H,18,19). The van der Waals surface area contributed by atoms with Crippen molar-refractivity contribution in [2.24, 2.45) is 0 Å². The zero-order valence-electron chi connectivity index (χ0n) is 11.5. The summed E-state index contributed by atoms with van der Waals surface area (Å²) in [5, 5.41) is 10.2. The van der Waals surface area contributed by atoms with Gasteiger partial charge in [0.05, 0.1) is 6.61 Å². The van der Waals surface area contributed by atoms with E-state index in [0.717, 1.165) is 11.8 Å². The van der Waals surface area contributed by atoms with Crippen LogP contribution in [0.5, 0.6) is 5.75 Å². The van der Waals surface area contributed by atoms with E-state index in [1.54, 1.807) is 24.3 Å². The number of hydrogen-bond donors (Lipinski definition) is 1. The molecular formula is C15H17NO4. The summed E-state index contributed by atoms with van der Waals surface area (Å²) >= 11 is 0.